The maximum absolute atomic E-state index is 4.08. The molecule has 1 aromatic carbocycles. The SMILES string of the molecule is Cc1ccccc1CCc1cccn1N(C)c1ccncc1. The summed E-state index contributed by atoms with van der Waals surface area (Å²) in [6.45, 7) is 2.18. The van der Waals surface area contributed by atoms with Crippen LogP contribution in [0.4, 0.5) is 5.69 Å². The highest BCUT2D eigenvalue weighted by atomic mass is 15.5. The highest BCUT2D eigenvalue weighted by Crippen LogP contribution is 2.16. The van der Waals surface area contributed by atoms with Crippen molar-refractivity contribution in [2.24, 2.45) is 0 Å². The third-order valence-corrected chi connectivity index (χ3v) is 4.08. The number of rotatable bonds is 5. The number of pyridine rings is 1. The van der Waals surface area contributed by atoms with Gasteiger partial charge in [-0.3, -0.25) is 14.7 Å². The Morgan fingerprint density at radius 2 is 1.73 bits per heavy atom. The normalized spacial score (nSPS) is 10.6. The number of hydrogen-bond acceptors (Lipinski definition) is 2. The van der Waals surface area contributed by atoms with Crippen molar-refractivity contribution in [2.45, 2.75) is 19.8 Å². The summed E-state index contributed by atoms with van der Waals surface area (Å²) < 4.78 is 2.20. The summed E-state index contributed by atoms with van der Waals surface area (Å²) in [6.07, 6.45) is 7.83. The molecule has 112 valence electrons. The molecule has 0 aliphatic rings. The predicted molar refractivity (Wildman–Crippen MR) is 91.1 cm³/mol. The van der Waals surface area contributed by atoms with Gasteiger partial charge in [-0.15, -0.1) is 0 Å². The van der Waals surface area contributed by atoms with Gasteiger partial charge in [0.2, 0.25) is 0 Å². The van der Waals surface area contributed by atoms with E-state index < -0.39 is 0 Å². The molecule has 0 atom stereocenters. The number of benzene rings is 1. The topological polar surface area (TPSA) is 21.1 Å². The molecule has 0 fully saturated rings. The van der Waals surface area contributed by atoms with E-state index in [9.17, 15) is 0 Å². The number of aryl methyl sites for hydroxylation is 3. The molecule has 3 rings (SSSR count). The van der Waals surface area contributed by atoms with Crippen molar-refractivity contribution < 1.29 is 0 Å². The lowest BCUT2D eigenvalue weighted by atomic mass is 10.0. The molecule has 3 nitrogen and oxygen atoms in total. The predicted octanol–water partition coefficient (Wildman–Crippen LogP) is 3.88. The molecule has 3 aromatic rings. The van der Waals surface area contributed by atoms with E-state index in [2.05, 4.69) is 71.2 Å². The van der Waals surface area contributed by atoms with Crippen molar-refractivity contribution in [3.63, 3.8) is 0 Å². The average molecular weight is 291 g/mol. The molecule has 0 aliphatic heterocycles. The lowest BCUT2D eigenvalue weighted by Crippen LogP contribution is -2.25. The van der Waals surface area contributed by atoms with Crippen LogP contribution in [0.15, 0.2) is 67.1 Å². The molecule has 0 amide bonds. The number of nitrogens with zero attached hydrogens (tertiary/aromatic N) is 3. The Hall–Kier alpha value is -2.55. The first-order valence-corrected chi connectivity index (χ1v) is 7.60. The quantitative estimate of drug-likeness (QED) is 0.711. The molecule has 0 bridgehead atoms. The van der Waals surface area contributed by atoms with Crippen molar-refractivity contribution in [3.8, 4) is 0 Å². The Bertz CT molecular complexity index is 731. The number of aromatic nitrogens is 2. The van der Waals surface area contributed by atoms with Crippen molar-refractivity contribution in [1.82, 2.24) is 9.66 Å². The highest BCUT2D eigenvalue weighted by Gasteiger charge is 2.08. The van der Waals surface area contributed by atoms with Crippen LogP contribution in [0.1, 0.15) is 16.8 Å². The first-order valence-electron chi connectivity index (χ1n) is 7.60. The first kappa shape index (κ1) is 14.4. The average Bonchev–Trinajstić information content (AvgIpc) is 3.03. The van der Waals surface area contributed by atoms with Gasteiger partial charge in [0.05, 0.1) is 5.69 Å². The molecule has 22 heavy (non-hydrogen) atoms. The summed E-state index contributed by atoms with van der Waals surface area (Å²) in [6, 6.07) is 16.9. The van der Waals surface area contributed by atoms with Crippen LogP contribution >= 0.6 is 0 Å². The van der Waals surface area contributed by atoms with Crippen LogP contribution in [0.3, 0.4) is 0 Å². The lowest BCUT2D eigenvalue weighted by molar-refractivity contribution is 0.715. The molecule has 3 heteroatoms. The van der Waals surface area contributed by atoms with E-state index in [1.54, 1.807) is 0 Å². The molecular weight excluding hydrogens is 270 g/mol. The summed E-state index contributed by atoms with van der Waals surface area (Å²) in [5.74, 6) is 0. The van der Waals surface area contributed by atoms with Gasteiger partial charge in [0.25, 0.3) is 0 Å². The summed E-state index contributed by atoms with van der Waals surface area (Å²) in [7, 11) is 2.08. The van der Waals surface area contributed by atoms with Crippen LogP contribution in [-0.2, 0) is 12.8 Å². The van der Waals surface area contributed by atoms with E-state index >= 15 is 0 Å². The van der Waals surface area contributed by atoms with Crippen LogP contribution in [0.25, 0.3) is 0 Å². The Kier molecular flexibility index (Phi) is 4.24. The third-order valence-electron chi connectivity index (χ3n) is 4.08. The molecule has 0 aliphatic carbocycles. The second-order valence-corrected chi connectivity index (χ2v) is 5.50. The maximum Gasteiger partial charge on any atom is 0.0605 e. The van der Waals surface area contributed by atoms with Gasteiger partial charge in [0.1, 0.15) is 0 Å². The highest BCUT2D eigenvalue weighted by molar-refractivity contribution is 5.44. The zero-order chi connectivity index (χ0) is 15.4. The minimum absolute atomic E-state index is 1.02. The molecular formula is C19H21N3. The molecule has 0 unspecified atom stereocenters. The third kappa shape index (κ3) is 3.03. The summed E-state index contributed by atoms with van der Waals surface area (Å²) in [5, 5.41) is 2.15. The summed E-state index contributed by atoms with van der Waals surface area (Å²) in [5.41, 5.74) is 5.22. The Morgan fingerprint density at radius 3 is 2.50 bits per heavy atom. The Morgan fingerprint density at radius 1 is 0.955 bits per heavy atom. The standard InChI is InChI=1S/C19H21N3/c1-16-6-3-4-7-17(16)9-10-19-8-5-15-22(19)21(2)18-11-13-20-14-12-18/h3-8,11-15H,9-10H2,1-2H3. The van der Waals surface area contributed by atoms with Crippen molar-refractivity contribution in [3.05, 3.63) is 83.9 Å². The van der Waals surface area contributed by atoms with E-state index in [0.717, 1.165) is 18.5 Å². The van der Waals surface area contributed by atoms with E-state index in [4.69, 9.17) is 0 Å². The van der Waals surface area contributed by atoms with E-state index in [1.165, 1.54) is 16.8 Å². The van der Waals surface area contributed by atoms with Crippen LogP contribution in [-0.4, -0.2) is 16.7 Å². The molecule has 2 heterocycles. The largest absolute Gasteiger partial charge is 0.285 e. The minimum atomic E-state index is 1.02. The van der Waals surface area contributed by atoms with Crippen molar-refractivity contribution >= 4 is 5.69 Å². The van der Waals surface area contributed by atoms with E-state index in [-0.39, 0.29) is 0 Å². The number of hydrogen-bond donors (Lipinski definition) is 0. The maximum atomic E-state index is 4.08. The van der Waals surface area contributed by atoms with Crippen molar-refractivity contribution in [1.29, 1.82) is 0 Å². The van der Waals surface area contributed by atoms with Gasteiger partial charge in [-0.1, -0.05) is 24.3 Å². The van der Waals surface area contributed by atoms with Gasteiger partial charge in [-0.2, -0.15) is 0 Å². The Balaban J connectivity index is 1.77. The van der Waals surface area contributed by atoms with Gasteiger partial charge in [0, 0.05) is 31.3 Å². The van der Waals surface area contributed by atoms with Gasteiger partial charge in [0.15, 0.2) is 0 Å². The zero-order valence-corrected chi connectivity index (χ0v) is 13.1. The van der Waals surface area contributed by atoms with E-state index in [0.29, 0.717) is 0 Å². The lowest BCUT2D eigenvalue weighted by Gasteiger charge is -2.23. The molecule has 0 spiro atoms. The number of anilines is 1. The molecule has 0 saturated heterocycles. The summed E-state index contributed by atoms with van der Waals surface area (Å²) in [4.78, 5) is 4.08. The summed E-state index contributed by atoms with van der Waals surface area (Å²) >= 11 is 0. The first-order chi connectivity index (χ1) is 10.8. The fourth-order valence-electron chi connectivity index (χ4n) is 2.74. The van der Waals surface area contributed by atoms with Gasteiger partial charge in [-0.25, -0.2) is 0 Å². The van der Waals surface area contributed by atoms with Crippen molar-refractivity contribution in [2.75, 3.05) is 12.1 Å². The van der Waals surface area contributed by atoms with Crippen LogP contribution in [0, 0.1) is 6.92 Å². The second-order valence-electron chi connectivity index (χ2n) is 5.50. The molecule has 0 N–H and O–H groups in total. The smallest absolute Gasteiger partial charge is 0.0605 e. The Labute approximate surface area is 131 Å². The van der Waals surface area contributed by atoms with Gasteiger partial charge >= 0.3 is 0 Å². The zero-order valence-electron chi connectivity index (χ0n) is 13.1. The molecule has 0 saturated carbocycles. The van der Waals surface area contributed by atoms with Crippen LogP contribution < -0.4 is 5.01 Å². The molecule has 2 aromatic heterocycles. The van der Waals surface area contributed by atoms with Gasteiger partial charge < -0.3 is 0 Å². The fraction of sp³-hybridized carbons (Fsp3) is 0.211. The van der Waals surface area contributed by atoms with Crippen LogP contribution in [0.2, 0.25) is 0 Å². The van der Waals surface area contributed by atoms with Gasteiger partial charge in [-0.05, 0) is 55.2 Å². The van der Waals surface area contributed by atoms with Crippen LogP contribution in [0.5, 0.6) is 0 Å². The monoisotopic (exact) mass is 291 g/mol. The van der Waals surface area contributed by atoms with E-state index in [1.807, 2.05) is 24.5 Å². The fourth-order valence-corrected chi connectivity index (χ4v) is 2.74. The second kappa shape index (κ2) is 6.48. The molecule has 0 radical (unpaired) electrons. The minimum Gasteiger partial charge on any atom is -0.285 e.